The predicted molar refractivity (Wildman–Crippen MR) is 154 cm³/mol. The van der Waals surface area contributed by atoms with Crippen LogP contribution >= 0.6 is 0 Å². The van der Waals surface area contributed by atoms with E-state index in [9.17, 15) is 26.3 Å². The highest BCUT2D eigenvalue weighted by Gasteiger charge is 2.32. The topological polar surface area (TPSA) is 87.4 Å². The van der Waals surface area contributed by atoms with Gasteiger partial charge < -0.3 is 19.1 Å². The summed E-state index contributed by atoms with van der Waals surface area (Å²) in [6.07, 6.45) is -5.77. The molecule has 2 aromatic heterocycles. The maximum atomic E-state index is 12.5. The molecule has 4 heterocycles. The van der Waals surface area contributed by atoms with Crippen LogP contribution in [-0.4, -0.2) is 21.8 Å². The number of ether oxygens (including phenoxy) is 2. The van der Waals surface area contributed by atoms with Crippen molar-refractivity contribution < 1.29 is 45.5 Å². The van der Waals surface area contributed by atoms with Crippen LogP contribution in [0.5, 0.6) is 11.5 Å². The number of aromatic nitrogens is 2. The molecule has 2 aliphatic heterocycles. The van der Waals surface area contributed by atoms with Crippen LogP contribution in [0.3, 0.4) is 0 Å². The summed E-state index contributed by atoms with van der Waals surface area (Å²) in [5, 5.41) is 7.65. The summed E-state index contributed by atoms with van der Waals surface area (Å²) in [5.41, 5.74) is 1.57. The first kappa shape index (κ1) is 32.3. The molecule has 46 heavy (non-hydrogen) atoms. The molecule has 0 N–H and O–H groups in total. The Balaban J connectivity index is 0.000000181. The smallest absolute Gasteiger partial charge is 0.416 e. The average molecular weight is 645 g/mol. The van der Waals surface area contributed by atoms with Crippen LogP contribution in [0.2, 0.25) is 0 Å². The predicted octanol–water partition coefficient (Wildman–Crippen LogP) is 8.53. The van der Waals surface area contributed by atoms with Gasteiger partial charge in [0.25, 0.3) is 0 Å². The fourth-order valence-electron chi connectivity index (χ4n) is 4.26. The molecule has 0 bridgehead atoms. The van der Waals surface area contributed by atoms with Gasteiger partial charge in [-0.25, -0.2) is 0 Å². The Morgan fingerprint density at radius 3 is 1.24 bits per heavy atom. The summed E-state index contributed by atoms with van der Waals surface area (Å²) in [7, 11) is 0. The molecule has 0 aliphatic carbocycles. The van der Waals surface area contributed by atoms with Gasteiger partial charge in [-0.15, -0.1) is 0 Å². The second-order valence-electron chi connectivity index (χ2n) is 10.3. The molecule has 4 aromatic rings. The van der Waals surface area contributed by atoms with Gasteiger partial charge in [0.2, 0.25) is 11.8 Å². The molecule has 6 rings (SSSR count). The quantitative estimate of drug-likeness (QED) is 0.207. The van der Waals surface area contributed by atoms with Gasteiger partial charge in [-0.3, -0.25) is 9.97 Å². The normalized spacial score (nSPS) is 17.6. The molecule has 0 unspecified atom stereocenters. The van der Waals surface area contributed by atoms with Gasteiger partial charge in [0.15, 0.2) is 12.2 Å². The summed E-state index contributed by atoms with van der Waals surface area (Å²) in [6.45, 7) is 3.72. The number of nitrogens with zero attached hydrogens (tertiary/aromatic N) is 4. The first-order valence-electron chi connectivity index (χ1n) is 13.8. The Morgan fingerprint density at radius 2 is 0.935 bits per heavy atom. The highest BCUT2D eigenvalue weighted by Crippen LogP contribution is 2.34. The number of hydrogen-bond acceptors (Lipinski definition) is 8. The van der Waals surface area contributed by atoms with E-state index < -0.39 is 35.7 Å². The zero-order chi connectivity index (χ0) is 32.9. The summed E-state index contributed by atoms with van der Waals surface area (Å²) >= 11 is 0. The average Bonchev–Trinajstić information content (AvgIpc) is 3.69. The standard InChI is InChI=1S/2C16H13F3N2O2/c2*1-10-2-7-13(9-20-10)22-15-8-14(23-21-15)11-3-5-12(6-4-11)16(17,18)19/h2*2-7,9,14H,8H2,1H3/t2*14-/m10/s1. The van der Waals surface area contributed by atoms with Gasteiger partial charge in [-0.05, 0) is 73.5 Å². The second-order valence-corrected chi connectivity index (χ2v) is 10.3. The van der Waals surface area contributed by atoms with E-state index in [1.54, 1.807) is 36.7 Å². The SMILES string of the molecule is Cc1ccc(OC2=NO[C@@H](c3ccc(C(F)(F)F)cc3)C2)cn1.Cc1ccc(OC2=NO[C@H](c3ccc(C(F)(F)F)cc3)C2)cn1. The molecule has 2 atom stereocenters. The number of pyridine rings is 2. The Kier molecular flexibility index (Phi) is 9.44. The van der Waals surface area contributed by atoms with Crippen LogP contribution in [0.15, 0.2) is 95.5 Å². The van der Waals surface area contributed by atoms with Crippen molar-refractivity contribution in [2.75, 3.05) is 0 Å². The van der Waals surface area contributed by atoms with E-state index in [2.05, 4.69) is 20.3 Å². The zero-order valence-electron chi connectivity index (χ0n) is 24.3. The third-order valence-corrected chi connectivity index (χ3v) is 6.74. The third-order valence-electron chi connectivity index (χ3n) is 6.74. The largest absolute Gasteiger partial charge is 0.438 e. The maximum Gasteiger partial charge on any atom is 0.416 e. The Hall–Kier alpha value is -5.14. The number of halogens is 6. The molecule has 240 valence electrons. The number of aryl methyl sites for hydroxylation is 2. The summed E-state index contributed by atoms with van der Waals surface area (Å²) in [5.74, 6) is 1.79. The maximum absolute atomic E-state index is 12.5. The van der Waals surface area contributed by atoms with Crippen LogP contribution < -0.4 is 9.47 Å². The van der Waals surface area contributed by atoms with Gasteiger partial charge in [-0.1, -0.05) is 34.6 Å². The Morgan fingerprint density at radius 1 is 0.565 bits per heavy atom. The molecule has 2 aliphatic rings. The van der Waals surface area contributed by atoms with E-state index in [1.807, 2.05) is 13.8 Å². The van der Waals surface area contributed by atoms with Gasteiger partial charge in [-0.2, -0.15) is 26.3 Å². The number of alkyl halides is 6. The van der Waals surface area contributed by atoms with Crippen LogP contribution in [0.4, 0.5) is 26.3 Å². The molecular formula is C32H26F6N4O4. The van der Waals surface area contributed by atoms with E-state index in [-0.39, 0.29) is 0 Å². The van der Waals surface area contributed by atoms with Gasteiger partial charge in [0.05, 0.1) is 36.4 Å². The molecule has 14 heteroatoms. The minimum Gasteiger partial charge on any atom is -0.438 e. The fourth-order valence-corrected chi connectivity index (χ4v) is 4.26. The van der Waals surface area contributed by atoms with Crippen LogP contribution in [-0.2, 0) is 22.0 Å². The highest BCUT2D eigenvalue weighted by molar-refractivity contribution is 5.80. The molecular weight excluding hydrogens is 618 g/mol. The van der Waals surface area contributed by atoms with E-state index in [1.165, 1.54) is 24.3 Å². The van der Waals surface area contributed by atoms with Crippen molar-refractivity contribution in [1.82, 2.24) is 9.97 Å². The summed E-state index contributed by atoms with van der Waals surface area (Å²) < 4.78 is 86.4. The lowest BCUT2D eigenvalue weighted by Crippen LogP contribution is -2.08. The highest BCUT2D eigenvalue weighted by atomic mass is 19.4. The monoisotopic (exact) mass is 644 g/mol. The van der Waals surface area contributed by atoms with E-state index in [4.69, 9.17) is 19.1 Å². The van der Waals surface area contributed by atoms with E-state index >= 15 is 0 Å². The number of rotatable bonds is 4. The molecule has 0 radical (unpaired) electrons. The number of hydrogen-bond donors (Lipinski definition) is 0. The lowest BCUT2D eigenvalue weighted by Gasteiger charge is -2.10. The van der Waals surface area contributed by atoms with Crippen molar-refractivity contribution >= 4 is 11.8 Å². The van der Waals surface area contributed by atoms with Crippen LogP contribution in [0.1, 0.15) is 58.7 Å². The first-order chi connectivity index (χ1) is 21.8. The van der Waals surface area contributed by atoms with E-state index in [0.29, 0.717) is 47.3 Å². The fraction of sp³-hybridized carbons (Fsp3) is 0.250. The van der Waals surface area contributed by atoms with Crippen LogP contribution in [0, 0.1) is 13.8 Å². The van der Waals surface area contributed by atoms with Crippen molar-refractivity contribution in [2.24, 2.45) is 10.3 Å². The van der Waals surface area contributed by atoms with Crippen molar-refractivity contribution in [1.29, 1.82) is 0 Å². The van der Waals surface area contributed by atoms with Gasteiger partial charge >= 0.3 is 12.4 Å². The first-order valence-corrected chi connectivity index (χ1v) is 13.8. The van der Waals surface area contributed by atoms with Gasteiger partial charge in [0.1, 0.15) is 11.5 Å². The molecule has 0 saturated heterocycles. The lowest BCUT2D eigenvalue weighted by molar-refractivity contribution is -0.138. The summed E-state index contributed by atoms with van der Waals surface area (Å²) in [6, 6.07) is 16.8. The molecule has 0 amide bonds. The van der Waals surface area contributed by atoms with E-state index in [0.717, 1.165) is 35.7 Å². The minimum atomic E-state index is -4.35. The molecule has 0 spiro atoms. The number of oxime groups is 2. The van der Waals surface area contributed by atoms with Crippen LogP contribution in [0.25, 0.3) is 0 Å². The third kappa shape index (κ3) is 8.52. The Bertz CT molecular complexity index is 1550. The van der Waals surface area contributed by atoms with Crippen molar-refractivity contribution in [3.63, 3.8) is 0 Å². The molecule has 0 saturated carbocycles. The molecule has 2 aromatic carbocycles. The summed E-state index contributed by atoms with van der Waals surface area (Å²) in [4.78, 5) is 18.7. The zero-order valence-corrected chi connectivity index (χ0v) is 24.3. The minimum absolute atomic E-state index is 0.346. The van der Waals surface area contributed by atoms with Crippen molar-refractivity contribution in [3.05, 3.63) is 119 Å². The molecule has 8 nitrogen and oxygen atoms in total. The lowest BCUT2D eigenvalue weighted by atomic mass is 10.0. The molecule has 0 fully saturated rings. The second kappa shape index (κ2) is 13.5. The van der Waals surface area contributed by atoms with Crippen molar-refractivity contribution in [2.45, 2.75) is 51.2 Å². The number of benzene rings is 2. The van der Waals surface area contributed by atoms with Gasteiger partial charge in [0, 0.05) is 11.4 Å². The Labute approximate surface area is 259 Å². The van der Waals surface area contributed by atoms with Crippen molar-refractivity contribution in [3.8, 4) is 11.5 Å².